The molecule has 0 radical (unpaired) electrons. The van der Waals surface area contributed by atoms with Crippen LogP contribution in [0.5, 0.6) is 11.5 Å². The van der Waals surface area contributed by atoms with Crippen LogP contribution in [0.25, 0.3) is 0 Å². The molecule has 190 valence electrons. The third-order valence-corrected chi connectivity index (χ3v) is 6.87. The number of benzene rings is 3. The first-order valence-electron chi connectivity index (χ1n) is 11.7. The van der Waals surface area contributed by atoms with E-state index >= 15 is 0 Å². The Morgan fingerprint density at radius 3 is 2.00 bits per heavy atom. The molecule has 3 aromatic rings. The highest BCUT2D eigenvalue weighted by Gasteiger charge is 2.30. The van der Waals surface area contributed by atoms with Crippen LogP contribution in [0.1, 0.15) is 31.1 Å². The normalized spacial score (nSPS) is 11.9. The molecule has 0 aromatic heterocycles. The molecule has 36 heavy (non-hydrogen) atoms. The van der Waals surface area contributed by atoms with E-state index in [4.69, 9.17) is 4.74 Å². The Kier molecular flexibility index (Phi) is 8.71. The first-order chi connectivity index (χ1) is 17.2. The highest BCUT2D eigenvalue weighted by atomic mass is 32.2. The Labute approximate surface area is 212 Å². The van der Waals surface area contributed by atoms with Gasteiger partial charge in [-0.05, 0) is 69.3 Å². The summed E-state index contributed by atoms with van der Waals surface area (Å²) in [6.07, 6.45) is 1.04. The van der Waals surface area contributed by atoms with Crippen molar-refractivity contribution in [3.8, 4) is 11.5 Å². The molecular weight excluding hydrogens is 478 g/mol. The molecule has 0 aliphatic heterocycles. The number of amides is 2. The van der Waals surface area contributed by atoms with Crippen LogP contribution in [-0.4, -0.2) is 50.5 Å². The molecule has 0 saturated carbocycles. The van der Waals surface area contributed by atoms with Gasteiger partial charge in [-0.1, -0.05) is 30.3 Å². The van der Waals surface area contributed by atoms with Crippen molar-refractivity contribution >= 4 is 33.2 Å². The molecule has 0 heterocycles. The molecule has 0 unspecified atom stereocenters. The predicted molar refractivity (Wildman–Crippen MR) is 142 cm³/mol. The maximum absolute atomic E-state index is 13.2. The standard InChI is InChI=1S/C27H31N3O5S/c1-5-29(6-2)27(32)24-14-10-11-15-25(24)28-26(31)20(3)30(36(4,33)34)21-16-18-23(19-17-21)35-22-12-8-7-9-13-22/h7-20H,5-6H2,1-4H3,(H,28,31)/t20-/m1/s1. The van der Waals surface area contributed by atoms with Crippen LogP contribution >= 0.6 is 0 Å². The van der Waals surface area contributed by atoms with Crippen LogP contribution in [0.15, 0.2) is 78.9 Å². The van der Waals surface area contributed by atoms with Crippen molar-refractivity contribution < 1.29 is 22.7 Å². The molecule has 0 aliphatic rings. The van der Waals surface area contributed by atoms with Crippen molar-refractivity contribution in [1.82, 2.24) is 4.90 Å². The van der Waals surface area contributed by atoms with Gasteiger partial charge < -0.3 is 15.0 Å². The Balaban J connectivity index is 1.83. The summed E-state index contributed by atoms with van der Waals surface area (Å²) in [5.41, 5.74) is 0.981. The zero-order chi connectivity index (χ0) is 26.3. The minimum atomic E-state index is -3.82. The summed E-state index contributed by atoms with van der Waals surface area (Å²) in [6, 6.07) is 21.3. The van der Waals surface area contributed by atoms with Gasteiger partial charge in [0.05, 0.1) is 23.2 Å². The average Bonchev–Trinajstić information content (AvgIpc) is 2.86. The maximum atomic E-state index is 13.2. The number of ether oxygens (including phenoxy) is 1. The maximum Gasteiger partial charge on any atom is 0.255 e. The van der Waals surface area contributed by atoms with Gasteiger partial charge in [0.15, 0.2) is 0 Å². The number of anilines is 2. The summed E-state index contributed by atoms with van der Waals surface area (Å²) in [5.74, 6) is 0.401. The number of hydrogen-bond acceptors (Lipinski definition) is 5. The van der Waals surface area contributed by atoms with Crippen molar-refractivity contribution in [3.05, 3.63) is 84.4 Å². The smallest absolute Gasteiger partial charge is 0.255 e. The SMILES string of the molecule is CCN(CC)C(=O)c1ccccc1NC(=O)[C@@H](C)N(c1ccc(Oc2ccccc2)cc1)S(C)(=O)=O. The highest BCUT2D eigenvalue weighted by Crippen LogP contribution is 2.27. The van der Waals surface area contributed by atoms with Gasteiger partial charge in [0.25, 0.3) is 5.91 Å². The minimum absolute atomic E-state index is 0.211. The number of nitrogens with zero attached hydrogens (tertiary/aromatic N) is 2. The highest BCUT2D eigenvalue weighted by molar-refractivity contribution is 7.92. The lowest BCUT2D eigenvalue weighted by Gasteiger charge is -2.28. The van der Waals surface area contributed by atoms with Crippen LogP contribution in [0.2, 0.25) is 0 Å². The first-order valence-corrected chi connectivity index (χ1v) is 13.5. The summed E-state index contributed by atoms with van der Waals surface area (Å²) < 4.78 is 32.2. The van der Waals surface area contributed by atoms with E-state index in [0.29, 0.717) is 41.5 Å². The molecule has 3 rings (SSSR count). The average molecular weight is 510 g/mol. The second-order valence-electron chi connectivity index (χ2n) is 8.16. The van der Waals surface area contributed by atoms with E-state index in [9.17, 15) is 18.0 Å². The second-order valence-corrected chi connectivity index (χ2v) is 10.0. The summed E-state index contributed by atoms with van der Waals surface area (Å²) in [6.45, 7) is 6.31. The molecule has 0 saturated heterocycles. The zero-order valence-corrected chi connectivity index (χ0v) is 21.7. The van der Waals surface area contributed by atoms with Gasteiger partial charge in [-0.25, -0.2) is 8.42 Å². The molecule has 8 nitrogen and oxygen atoms in total. The second kappa shape index (κ2) is 11.7. The van der Waals surface area contributed by atoms with Crippen LogP contribution in [0.4, 0.5) is 11.4 Å². The van der Waals surface area contributed by atoms with Crippen LogP contribution in [0.3, 0.4) is 0 Å². The van der Waals surface area contributed by atoms with Crippen LogP contribution in [-0.2, 0) is 14.8 Å². The van der Waals surface area contributed by atoms with Gasteiger partial charge in [-0.15, -0.1) is 0 Å². The molecule has 0 fully saturated rings. The van der Waals surface area contributed by atoms with Gasteiger partial charge in [0, 0.05) is 13.1 Å². The molecule has 9 heteroatoms. The molecule has 3 aromatic carbocycles. The number of hydrogen-bond donors (Lipinski definition) is 1. The molecule has 0 bridgehead atoms. The van der Waals surface area contributed by atoms with Gasteiger partial charge in [0.2, 0.25) is 15.9 Å². The Bertz CT molecular complexity index is 1290. The largest absolute Gasteiger partial charge is 0.457 e. The number of carbonyl (C=O) groups excluding carboxylic acids is 2. The fourth-order valence-electron chi connectivity index (χ4n) is 3.79. The lowest BCUT2D eigenvalue weighted by molar-refractivity contribution is -0.116. The summed E-state index contributed by atoms with van der Waals surface area (Å²) in [5, 5.41) is 2.74. The van der Waals surface area contributed by atoms with Crippen molar-refractivity contribution in [1.29, 1.82) is 0 Å². The van der Waals surface area contributed by atoms with Crippen molar-refractivity contribution in [2.75, 3.05) is 29.0 Å². The van der Waals surface area contributed by atoms with Crippen molar-refractivity contribution in [2.45, 2.75) is 26.8 Å². The van der Waals surface area contributed by atoms with Crippen LogP contribution in [0, 0.1) is 0 Å². The molecule has 0 spiro atoms. The molecule has 2 amide bonds. The quantitative estimate of drug-likeness (QED) is 0.425. The van der Waals surface area contributed by atoms with Gasteiger partial charge >= 0.3 is 0 Å². The molecule has 0 aliphatic carbocycles. The van der Waals surface area contributed by atoms with Gasteiger partial charge in [-0.2, -0.15) is 0 Å². The summed E-state index contributed by atoms with van der Waals surface area (Å²) >= 11 is 0. The topological polar surface area (TPSA) is 96.0 Å². The fraction of sp³-hybridized carbons (Fsp3) is 0.259. The van der Waals surface area contributed by atoms with E-state index in [0.717, 1.165) is 10.6 Å². The molecule has 1 atom stereocenters. The van der Waals surface area contributed by atoms with E-state index in [1.807, 2.05) is 44.2 Å². The number of carbonyl (C=O) groups is 2. The lowest BCUT2D eigenvalue weighted by atomic mass is 10.1. The Hall–Kier alpha value is -3.85. The van der Waals surface area contributed by atoms with E-state index in [2.05, 4.69) is 5.32 Å². The summed E-state index contributed by atoms with van der Waals surface area (Å²) in [7, 11) is -3.82. The fourth-order valence-corrected chi connectivity index (χ4v) is 4.97. The number of rotatable bonds is 10. The summed E-state index contributed by atoms with van der Waals surface area (Å²) in [4.78, 5) is 27.8. The minimum Gasteiger partial charge on any atom is -0.457 e. The van der Waals surface area contributed by atoms with Crippen molar-refractivity contribution in [2.24, 2.45) is 0 Å². The molecular formula is C27H31N3O5S. The predicted octanol–water partition coefficient (Wildman–Crippen LogP) is 4.75. The Morgan fingerprint density at radius 2 is 1.42 bits per heavy atom. The third kappa shape index (κ3) is 6.42. The van der Waals surface area contributed by atoms with E-state index in [1.165, 1.54) is 6.92 Å². The van der Waals surface area contributed by atoms with E-state index in [1.54, 1.807) is 53.4 Å². The zero-order valence-electron chi connectivity index (χ0n) is 20.8. The number of para-hydroxylation sites is 2. The monoisotopic (exact) mass is 509 g/mol. The van der Waals surface area contributed by atoms with Gasteiger partial charge in [0.1, 0.15) is 17.5 Å². The number of nitrogens with one attached hydrogen (secondary N) is 1. The number of sulfonamides is 1. The first kappa shape index (κ1) is 26.7. The van der Waals surface area contributed by atoms with E-state index in [-0.39, 0.29) is 5.91 Å². The lowest BCUT2D eigenvalue weighted by Crippen LogP contribution is -2.45. The third-order valence-electron chi connectivity index (χ3n) is 5.62. The Morgan fingerprint density at radius 1 is 0.861 bits per heavy atom. The van der Waals surface area contributed by atoms with Crippen molar-refractivity contribution in [3.63, 3.8) is 0 Å². The molecule has 1 N–H and O–H groups in total. The van der Waals surface area contributed by atoms with Crippen LogP contribution < -0.4 is 14.4 Å². The van der Waals surface area contributed by atoms with Gasteiger partial charge in [-0.3, -0.25) is 13.9 Å². The van der Waals surface area contributed by atoms with E-state index < -0.39 is 22.0 Å².